The fraction of sp³-hybridized carbons (Fsp3) is 0.500. The van der Waals surface area contributed by atoms with Gasteiger partial charge in [-0.2, -0.15) is 0 Å². The van der Waals surface area contributed by atoms with E-state index in [0.717, 1.165) is 35.3 Å². The molecule has 2 N–H and O–H groups in total. The number of guanidine groups is 1. The first-order chi connectivity index (χ1) is 12.7. The minimum Gasteiger partial charge on any atom is -0.493 e. The van der Waals surface area contributed by atoms with E-state index in [1.165, 1.54) is 0 Å². The van der Waals surface area contributed by atoms with Gasteiger partial charge in [0.25, 0.3) is 0 Å². The molecule has 148 valence electrons. The minimum absolute atomic E-state index is 0. The number of hydrogen-bond acceptors (Lipinski definition) is 5. The number of methoxy groups -OCH3 is 1. The highest BCUT2D eigenvalue weighted by Gasteiger charge is 2.22. The van der Waals surface area contributed by atoms with E-state index < -0.39 is 0 Å². The van der Waals surface area contributed by atoms with E-state index in [-0.39, 0.29) is 30.0 Å². The first-order valence-corrected chi connectivity index (χ1v) is 8.79. The summed E-state index contributed by atoms with van der Waals surface area (Å²) in [4.78, 5) is 4.68. The fourth-order valence-electron chi connectivity index (χ4n) is 2.82. The fourth-order valence-corrected chi connectivity index (χ4v) is 2.82. The average molecular weight is 486 g/mol. The topological polar surface area (TPSA) is 85.6 Å². The molecule has 0 aliphatic carbocycles. The van der Waals surface area contributed by atoms with Crippen molar-refractivity contribution in [2.24, 2.45) is 12.0 Å². The molecule has 8 nitrogen and oxygen atoms in total. The van der Waals surface area contributed by atoms with Gasteiger partial charge in [0.1, 0.15) is 18.1 Å². The van der Waals surface area contributed by atoms with Crippen LogP contribution in [0.3, 0.4) is 0 Å². The number of fused-ring (bicyclic) bond motifs is 1. The third kappa shape index (κ3) is 5.55. The van der Waals surface area contributed by atoms with Crippen LogP contribution in [0.2, 0.25) is 0 Å². The smallest absolute Gasteiger partial charge is 0.192 e. The molecule has 0 saturated heterocycles. The second kappa shape index (κ2) is 10.5. The number of benzene rings is 1. The Labute approximate surface area is 176 Å². The summed E-state index contributed by atoms with van der Waals surface area (Å²) in [6.07, 6.45) is 0.880. The van der Waals surface area contributed by atoms with E-state index in [4.69, 9.17) is 9.47 Å². The van der Waals surface area contributed by atoms with Gasteiger partial charge in [-0.3, -0.25) is 0 Å². The second-order valence-electron chi connectivity index (χ2n) is 6.18. The highest BCUT2D eigenvalue weighted by atomic mass is 127. The maximum atomic E-state index is 5.74. The van der Waals surface area contributed by atoms with E-state index in [2.05, 4.69) is 31.9 Å². The molecule has 0 radical (unpaired) electrons. The summed E-state index contributed by atoms with van der Waals surface area (Å²) in [7, 11) is 3.63. The number of hydrogen-bond donors (Lipinski definition) is 2. The summed E-state index contributed by atoms with van der Waals surface area (Å²) in [5.74, 6) is 3.35. The first kappa shape index (κ1) is 21.4. The van der Waals surface area contributed by atoms with E-state index >= 15 is 0 Å². The minimum atomic E-state index is 0. The first-order valence-electron chi connectivity index (χ1n) is 8.79. The van der Waals surface area contributed by atoms with Crippen LogP contribution in [0.5, 0.6) is 5.75 Å². The molecule has 0 fully saturated rings. The molecule has 1 atom stereocenters. The normalized spacial score (nSPS) is 16.1. The summed E-state index contributed by atoms with van der Waals surface area (Å²) >= 11 is 0. The molecule has 2 aromatic rings. The lowest BCUT2D eigenvalue weighted by molar-refractivity contribution is 0.203. The Morgan fingerprint density at radius 3 is 2.93 bits per heavy atom. The molecule has 1 aromatic carbocycles. The molecular weight excluding hydrogens is 459 g/mol. The number of para-hydroxylation sites is 1. The van der Waals surface area contributed by atoms with Gasteiger partial charge in [-0.1, -0.05) is 18.2 Å². The maximum Gasteiger partial charge on any atom is 0.192 e. The largest absolute Gasteiger partial charge is 0.493 e. The Morgan fingerprint density at radius 2 is 2.19 bits per heavy atom. The summed E-state index contributed by atoms with van der Waals surface area (Å²) < 4.78 is 12.8. The summed E-state index contributed by atoms with van der Waals surface area (Å²) in [6.45, 7) is 4.33. The molecule has 9 heteroatoms. The van der Waals surface area contributed by atoms with Gasteiger partial charge in [-0.15, -0.1) is 34.2 Å². The van der Waals surface area contributed by atoms with E-state index in [1.54, 1.807) is 7.11 Å². The zero-order chi connectivity index (χ0) is 18.4. The second-order valence-corrected chi connectivity index (χ2v) is 6.18. The summed E-state index contributed by atoms with van der Waals surface area (Å²) in [5.41, 5.74) is 1.15. The van der Waals surface area contributed by atoms with Gasteiger partial charge in [0.2, 0.25) is 0 Å². The van der Waals surface area contributed by atoms with Crippen LogP contribution in [0.1, 0.15) is 29.7 Å². The molecule has 0 spiro atoms. The molecular formula is C18H27IN6O2. The SMILES string of the molecule is COCCNC(=NCc1nnc(C)n1C)NC1CCOc2ccccc21.I. The quantitative estimate of drug-likeness (QED) is 0.281. The van der Waals surface area contributed by atoms with Crippen LogP contribution in [0.15, 0.2) is 29.3 Å². The molecule has 0 bridgehead atoms. The number of ether oxygens (including phenoxy) is 2. The van der Waals surface area contributed by atoms with E-state index in [9.17, 15) is 0 Å². The van der Waals surface area contributed by atoms with E-state index in [0.29, 0.717) is 26.3 Å². The van der Waals surface area contributed by atoms with Crippen LogP contribution >= 0.6 is 24.0 Å². The number of halogens is 1. The third-order valence-corrected chi connectivity index (χ3v) is 4.43. The number of nitrogens with one attached hydrogen (secondary N) is 2. The lowest BCUT2D eigenvalue weighted by Crippen LogP contribution is -2.42. The van der Waals surface area contributed by atoms with Crippen molar-refractivity contribution in [1.29, 1.82) is 0 Å². The Hall–Kier alpha value is -1.88. The van der Waals surface area contributed by atoms with Crippen molar-refractivity contribution in [1.82, 2.24) is 25.4 Å². The van der Waals surface area contributed by atoms with Gasteiger partial charge < -0.3 is 24.7 Å². The number of aliphatic imine (C=N–C) groups is 1. The predicted octanol–water partition coefficient (Wildman–Crippen LogP) is 1.95. The van der Waals surface area contributed by atoms with Crippen LogP contribution in [0.25, 0.3) is 0 Å². The molecule has 1 aromatic heterocycles. The van der Waals surface area contributed by atoms with Gasteiger partial charge >= 0.3 is 0 Å². The lowest BCUT2D eigenvalue weighted by atomic mass is 10.0. The Bertz CT molecular complexity index is 764. The summed E-state index contributed by atoms with van der Waals surface area (Å²) in [6, 6.07) is 8.25. The lowest BCUT2D eigenvalue weighted by Gasteiger charge is -2.28. The van der Waals surface area contributed by atoms with Crippen molar-refractivity contribution in [2.75, 3.05) is 26.9 Å². The van der Waals surface area contributed by atoms with Crippen molar-refractivity contribution in [3.8, 4) is 5.75 Å². The predicted molar refractivity (Wildman–Crippen MR) is 115 cm³/mol. The van der Waals surface area contributed by atoms with Crippen molar-refractivity contribution in [3.05, 3.63) is 41.5 Å². The van der Waals surface area contributed by atoms with Crippen LogP contribution in [-0.4, -0.2) is 47.6 Å². The van der Waals surface area contributed by atoms with Crippen molar-refractivity contribution in [2.45, 2.75) is 25.9 Å². The standard InChI is InChI=1S/C18H26N6O2.HI/c1-13-22-23-17(24(13)2)12-20-18(19-9-11-25-3)21-15-8-10-26-16-7-5-4-6-14(15)16;/h4-7,15H,8-12H2,1-3H3,(H2,19,20,21);1H. The molecule has 3 rings (SSSR count). The third-order valence-electron chi connectivity index (χ3n) is 4.43. The van der Waals surface area contributed by atoms with Crippen LogP contribution in [0.4, 0.5) is 0 Å². The molecule has 0 saturated carbocycles. The molecule has 2 heterocycles. The Morgan fingerprint density at radius 1 is 1.37 bits per heavy atom. The van der Waals surface area contributed by atoms with E-state index in [1.807, 2.05) is 36.7 Å². The van der Waals surface area contributed by atoms with Crippen molar-refractivity contribution < 1.29 is 9.47 Å². The molecule has 27 heavy (non-hydrogen) atoms. The van der Waals surface area contributed by atoms with Crippen molar-refractivity contribution >= 4 is 29.9 Å². The summed E-state index contributed by atoms with van der Waals surface area (Å²) in [5, 5.41) is 15.1. The maximum absolute atomic E-state index is 5.74. The molecule has 1 unspecified atom stereocenters. The monoisotopic (exact) mass is 486 g/mol. The van der Waals surface area contributed by atoms with Gasteiger partial charge in [-0.25, -0.2) is 4.99 Å². The van der Waals surface area contributed by atoms with Gasteiger partial charge in [0.15, 0.2) is 11.8 Å². The van der Waals surface area contributed by atoms with Crippen LogP contribution < -0.4 is 15.4 Å². The number of aromatic nitrogens is 3. The Kier molecular flexibility index (Phi) is 8.29. The highest BCUT2D eigenvalue weighted by molar-refractivity contribution is 14.0. The highest BCUT2D eigenvalue weighted by Crippen LogP contribution is 2.31. The molecule has 0 amide bonds. The van der Waals surface area contributed by atoms with Gasteiger partial charge in [0, 0.05) is 32.7 Å². The number of aryl methyl sites for hydroxylation is 1. The van der Waals surface area contributed by atoms with Crippen LogP contribution in [-0.2, 0) is 18.3 Å². The molecule has 1 aliphatic heterocycles. The van der Waals surface area contributed by atoms with Gasteiger partial charge in [0.05, 0.1) is 19.3 Å². The Balaban J connectivity index is 0.00000261. The average Bonchev–Trinajstić information content (AvgIpc) is 2.98. The van der Waals surface area contributed by atoms with Gasteiger partial charge in [-0.05, 0) is 13.0 Å². The zero-order valence-electron chi connectivity index (χ0n) is 15.9. The molecule has 1 aliphatic rings. The number of rotatable bonds is 6. The van der Waals surface area contributed by atoms with Crippen molar-refractivity contribution in [3.63, 3.8) is 0 Å². The van der Waals surface area contributed by atoms with Crippen LogP contribution in [0, 0.1) is 6.92 Å². The number of nitrogens with zero attached hydrogens (tertiary/aromatic N) is 4. The zero-order valence-corrected chi connectivity index (χ0v) is 18.3.